The Hall–Kier alpha value is -0.848. The third-order valence-electron chi connectivity index (χ3n) is 1.68. The van der Waals surface area contributed by atoms with Gasteiger partial charge < -0.3 is 4.98 Å². The number of aromatic nitrogens is 3. The van der Waals surface area contributed by atoms with Crippen LogP contribution in [0, 0.1) is 6.92 Å². The summed E-state index contributed by atoms with van der Waals surface area (Å²) in [5.74, 6) is 0. The van der Waals surface area contributed by atoms with Crippen LogP contribution in [0.5, 0.6) is 0 Å². The second-order valence-electron chi connectivity index (χ2n) is 2.45. The first-order chi connectivity index (χ1) is 5.29. The van der Waals surface area contributed by atoms with Gasteiger partial charge in [0, 0.05) is 6.20 Å². The highest BCUT2D eigenvalue weighted by Crippen LogP contribution is 2.09. The fourth-order valence-corrected chi connectivity index (χ4v) is 1.38. The van der Waals surface area contributed by atoms with E-state index in [0.29, 0.717) is 0 Å². The van der Waals surface area contributed by atoms with Crippen molar-refractivity contribution in [3.8, 4) is 0 Å². The lowest BCUT2D eigenvalue weighted by molar-refractivity contribution is 1.24. The monoisotopic (exact) mass is 159 g/mol. The second-order valence-corrected chi connectivity index (χ2v) is 3.00. The lowest BCUT2D eigenvalue weighted by Crippen LogP contribution is -2.09. The molecule has 2 radical (unpaired) electrons. The van der Waals surface area contributed by atoms with Crippen molar-refractivity contribution in [2.75, 3.05) is 0 Å². The van der Waals surface area contributed by atoms with E-state index in [-0.39, 0.29) is 0 Å². The molecule has 2 rings (SSSR count). The lowest BCUT2D eigenvalue weighted by Gasteiger charge is -1.93. The molecule has 0 bridgehead atoms. The van der Waals surface area contributed by atoms with Crippen molar-refractivity contribution in [1.82, 2.24) is 15.0 Å². The largest absolute Gasteiger partial charge is 0.359 e. The number of nitrogens with zero attached hydrogens (tertiary/aromatic N) is 2. The number of nitrogens with one attached hydrogen (secondary N) is 1. The molecular weight excluding hydrogens is 153 g/mol. The number of fused-ring (bicyclic) bond motifs is 1. The van der Waals surface area contributed by atoms with Crippen LogP contribution in [0.1, 0.15) is 5.56 Å². The van der Waals surface area contributed by atoms with Crippen LogP contribution in [0.2, 0.25) is 0 Å². The topological polar surface area (TPSA) is 41.6 Å². The van der Waals surface area contributed by atoms with Crippen molar-refractivity contribution in [2.24, 2.45) is 0 Å². The predicted molar refractivity (Wildman–Crippen MR) is 44.0 cm³/mol. The molecule has 2 aromatic heterocycles. The Balaban J connectivity index is 2.94. The van der Waals surface area contributed by atoms with E-state index in [4.69, 9.17) is 0 Å². The zero-order valence-corrected chi connectivity index (χ0v) is 7.28. The summed E-state index contributed by atoms with van der Waals surface area (Å²) in [6, 6.07) is 0. The van der Waals surface area contributed by atoms with Gasteiger partial charge in [-0.15, -0.1) is 0 Å². The molecule has 52 valence electrons. The molecule has 0 amide bonds. The summed E-state index contributed by atoms with van der Waals surface area (Å²) >= 11 is 2.57. The number of H-pyrrole nitrogens is 1. The van der Waals surface area contributed by atoms with E-state index >= 15 is 0 Å². The smallest absolute Gasteiger partial charge is 0.213 e. The van der Waals surface area contributed by atoms with Gasteiger partial charge in [-0.1, -0.05) is 0 Å². The number of hydrogen-bond acceptors (Lipinski definition) is 2. The minimum Gasteiger partial charge on any atom is -0.359 e. The highest BCUT2D eigenvalue weighted by molar-refractivity contribution is 6.36. The maximum atomic E-state index is 4.15. The minimum atomic E-state index is 0.920. The van der Waals surface area contributed by atoms with Gasteiger partial charge in [0.05, 0.1) is 11.0 Å². The molecule has 0 unspecified atom stereocenters. The van der Waals surface area contributed by atoms with E-state index in [1.165, 1.54) is 0 Å². The number of rotatable bonds is 0. The van der Waals surface area contributed by atoms with Gasteiger partial charge >= 0.3 is 0 Å². The highest BCUT2D eigenvalue weighted by atomic mass is 27.0. The average Bonchev–Trinajstić information content (AvgIpc) is 2.35. The SMILES string of the molecule is Cc1c[nH]c2[c]([Al])ncnc12. The molecule has 2 heterocycles. The third kappa shape index (κ3) is 0.954. The summed E-state index contributed by atoms with van der Waals surface area (Å²) in [5, 5.41) is 0. The molecular formula is C7H6AlN3. The van der Waals surface area contributed by atoms with Gasteiger partial charge in [0.2, 0.25) is 16.3 Å². The van der Waals surface area contributed by atoms with Gasteiger partial charge in [0.1, 0.15) is 6.33 Å². The number of aryl methyl sites for hydroxylation is 1. The normalized spacial score (nSPS) is 10.6. The van der Waals surface area contributed by atoms with Gasteiger partial charge in [0.25, 0.3) is 0 Å². The van der Waals surface area contributed by atoms with Crippen LogP contribution in [0.3, 0.4) is 0 Å². The zero-order chi connectivity index (χ0) is 7.84. The van der Waals surface area contributed by atoms with Gasteiger partial charge in [-0.3, -0.25) is 4.98 Å². The fourth-order valence-electron chi connectivity index (χ4n) is 1.09. The first-order valence-corrected chi connectivity index (χ1v) is 3.91. The van der Waals surface area contributed by atoms with Crippen LogP contribution in [0.4, 0.5) is 0 Å². The maximum absolute atomic E-state index is 4.15. The molecule has 0 spiro atoms. The van der Waals surface area contributed by atoms with Crippen LogP contribution in [0.15, 0.2) is 12.5 Å². The Morgan fingerprint density at radius 2 is 2.27 bits per heavy atom. The van der Waals surface area contributed by atoms with Crippen molar-refractivity contribution in [3.63, 3.8) is 0 Å². The standard InChI is InChI=1S/C7H6N3.Al/c1-5-2-9-6-3-8-4-10-7(5)6;/h2,4,9H,1H3;. The van der Waals surface area contributed by atoms with E-state index < -0.39 is 0 Å². The average molecular weight is 159 g/mol. The molecule has 11 heavy (non-hydrogen) atoms. The highest BCUT2D eigenvalue weighted by Gasteiger charge is 2.01. The van der Waals surface area contributed by atoms with E-state index in [1.807, 2.05) is 13.1 Å². The van der Waals surface area contributed by atoms with Gasteiger partial charge in [0.15, 0.2) is 0 Å². The summed E-state index contributed by atoms with van der Waals surface area (Å²) in [5.41, 5.74) is 3.17. The molecule has 0 aliphatic heterocycles. The van der Waals surface area contributed by atoms with Crippen molar-refractivity contribution >= 4 is 31.9 Å². The molecule has 2 aromatic rings. The van der Waals surface area contributed by atoms with Crippen LogP contribution < -0.4 is 4.56 Å². The summed E-state index contributed by atoms with van der Waals surface area (Å²) < 4.78 is 0.920. The molecule has 0 fully saturated rings. The predicted octanol–water partition coefficient (Wildman–Crippen LogP) is 0.0601. The molecule has 3 nitrogen and oxygen atoms in total. The molecule has 0 aromatic carbocycles. The van der Waals surface area contributed by atoms with E-state index in [0.717, 1.165) is 21.2 Å². The molecule has 4 heteroatoms. The molecule has 0 saturated heterocycles. The summed E-state index contributed by atoms with van der Waals surface area (Å²) in [4.78, 5) is 11.3. The number of hydrogen-bond donors (Lipinski definition) is 1. The lowest BCUT2D eigenvalue weighted by atomic mass is 10.3. The first kappa shape index (κ1) is 6.84. The van der Waals surface area contributed by atoms with Crippen molar-refractivity contribution in [1.29, 1.82) is 0 Å². The quantitative estimate of drug-likeness (QED) is 0.552. The van der Waals surface area contributed by atoms with E-state index in [9.17, 15) is 0 Å². The van der Waals surface area contributed by atoms with Crippen LogP contribution in [0.25, 0.3) is 11.0 Å². The number of aromatic amines is 1. The van der Waals surface area contributed by atoms with E-state index in [2.05, 4.69) is 31.2 Å². The van der Waals surface area contributed by atoms with Crippen LogP contribution in [-0.4, -0.2) is 31.2 Å². The molecule has 0 saturated carbocycles. The minimum absolute atomic E-state index is 0.920. The molecule has 0 aliphatic carbocycles. The Bertz CT molecular complexity index is 393. The first-order valence-electron chi connectivity index (χ1n) is 3.33. The van der Waals surface area contributed by atoms with Gasteiger partial charge in [-0.25, -0.2) is 4.98 Å². The van der Waals surface area contributed by atoms with Crippen LogP contribution in [-0.2, 0) is 0 Å². The van der Waals surface area contributed by atoms with Crippen molar-refractivity contribution in [3.05, 3.63) is 18.1 Å². The Morgan fingerprint density at radius 1 is 1.45 bits per heavy atom. The van der Waals surface area contributed by atoms with Crippen molar-refractivity contribution < 1.29 is 0 Å². The molecule has 0 aliphatic rings. The summed E-state index contributed by atoms with van der Waals surface area (Å²) in [6.07, 6.45) is 3.51. The second kappa shape index (κ2) is 2.33. The van der Waals surface area contributed by atoms with Gasteiger partial charge in [-0.2, -0.15) is 0 Å². The molecule has 1 N–H and O–H groups in total. The van der Waals surface area contributed by atoms with Crippen LogP contribution >= 0.6 is 0 Å². The Morgan fingerprint density at radius 3 is 3.00 bits per heavy atom. The third-order valence-corrected chi connectivity index (χ3v) is 2.12. The van der Waals surface area contributed by atoms with E-state index in [1.54, 1.807) is 6.33 Å². The summed E-state index contributed by atoms with van der Waals surface area (Å²) in [7, 11) is 0. The maximum Gasteiger partial charge on any atom is 0.213 e. The Labute approximate surface area is 72.3 Å². The van der Waals surface area contributed by atoms with Crippen molar-refractivity contribution in [2.45, 2.75) is 6.92 Å². The summed E-state index contributed by atoms with van der Waals surface area (Å²) in [6.45, 7) is 2.02. The van der Waals surface area contributed by atoms with Gasteiger partial charge in [-0.05, 0) is 17.0 Å². The fraction of sp³-hybridized carbons (Fsp3) is 0.143. The zero-order valence-electron chi connectivity index (χ0n) is 6.13. The molecule has 0 atom stereocenters. The Kier molecular flexibility index (Phi) is 1.45.